The first kappa shape index (κ1) is 14.6. The standard InChI is InChI=1S/C16H24N2/c1-6-7-13(11-17)15-9-8-14(18(4)5)10-16(15)12(2)3/h8-10,12-13H,6-7H2,1-5H3. The topological polar surface area (TPSA) is 27.0 Å². The molecule has 1 aromatic rings. The van der Waals surface area contributed by atoms with E-state index in [2.05, 4.69) is 49.9 Å². The molecule has 0 aliphatic carbocycles. The van der Waals surface area contributed by atoms with Crippen molar-refractivity contribution in [1.29, 1.82) is 5.26 Å². The van der Waals surface area contributed by atoms with E-state index in [4.69, 9.17) is 0 Å². The van der Waals surface area contributed by atoms with Gasteiger partial charge in [0.1, 0.15) is 0 Å². The molecule has 1 unspecified atom stereocenters. The Labute approximate surface area is 111 Å². The lowest BCUT2D eigenvalue weighted by atomic mass is 9.87. The van der Waals surface area contributed by atoms with E-state index in [0.29, 0.717) is 5.92 Å². The summed E-state index contributed by atoms with van der Waals surface area (Å²) in [4.78, 5) is 2.11. The minimum Gasteiger partial charge on any atom is -0.378 e. The molecule has 0 fully saturated rings. The van der Waals surface area contributed by atoms with Gasteiger partial charge in [-0.05, 0) is 35.6 Å². The van der Waals surface area contributed by atoms with Crippen LogP contribution < -0.4 is 4.90 Å². The molecule has 1 atom stereocenters. The second-order valence-electron chi connectivity index (χ2n) is 5.33. The van der Waals surface area contributed by atoms with Gasteiger partial charge in [0, 0.05) is 19.8 Å². The predicted octanol–water partition coefficient (Wildman–Crippen LogP) is 4.28. The van der Waals surface area contributed by atoms with Crippen LogP contribution in [-0.4, -0.2) is 14.1 Å². The molecule has 1 aromatic carbocycles. The van der Waals surface area contributed by atoms with Gasteiger partial charge in [-0.3, -0.25) is 0 Å². The Kier molecular flexibility index (Phi) is 5.22. The van der Waals surface area contributed by atoms with Gasteiger partial charge in [-0.15, -0.1) is 0 Å². The van der Waals surface area contributed by atoms with Crippen LogP contribution in [0.1, 0.15) is 56.6 Å². The number of anilines is 1. The van der Waals surface area contributed by atoms with Crippen molar-refractivity contribution in [1.82, 2.24) is 0 Å². The highest BCUT2D eigenvalue weighted by Gasteiger charge is 2.16. The molecule has 2 heteroatoms. The first-order valence-electron chi connectivity index (χ1n) is 6.72. The normalized spacial score (nSPS) is 12.3. The third-order valence-electron chi connectivity index (χ3n) is 3.32. The molecule has 0 amide bonds. The third-order valence-corrected chi connectivity index (χ3v) is 3.32. The van der Waals surface area contributed by atoms with Crippen LogP contribution in [0.25, 0.3) is 0 Å². The van der Waals surface area contributed by atoms with Gasteiger partial charge in [-0.2, -0.15) is 5.26 Å². The Balaban J connectivity index is 3.23. The molecule has 0 heterocycles. The molecule has 0 radical (unpaired) electrons. The van der Waals surface area contributed by atoms with E-state index in [1.54, 1.807) is 0 Å². The highest BCUT2D eigenvalue weighted by Crippen LogP contribution is 2.31. The Morgan fingerprint density at radius 3 is 2.33 bits per heavy atom. The lowest BCUT2D eigenvalue weighted by Crippen LogP contribution is -2.11. The second kappa shape index (κ2) is 6.44. The molecule has 1 rings (SSSR count). The van der Waals surface area contributed by atoms with Gasteiger partial charge in [0.2, 0.25) is 0 Å². The van der Waals surface area contributed by atoms with Crippen molar-refractivity contribution in [2.24, 2.45) is 0 Å². The van der Waals surface area contributed by atoms with E-state index in [1.807, 2.05) is 14.1 Å². The van der Waals surface area contributed by atoms with Crippen molar-refractivity contribution in [3.63, 3.8) is 0 Å². The summed E-state index contributed by atoms with van der Waals surface area (Å²) in [5, 5.41) is 9.33. The summed E-state index contributed by atoms with van der Waals surface area (Å²) < 4.78 is 0. The molecule has 0 saturated carbocycles. The van der Waals surface area contributed by atoms with Crippen molar-refractivity contribution in [2.45, 2.75) is 45.4 Å². The molecule has 98 valence electrons. The van der Waals surface area contributed by atoms with E-state index < -0.39 is 0 Å². The van der Waals surface area contributed by atoms with Gasteiger partial charge in [-0.1, -0.05) is 33.3 Å². The minimum atomic E-state index is 0.0311. The summed E-state index contributed by atoms with van der Waals surface area (Å²) in [6.07, 6.45) is 1.99. The number of rotatable bonds is 5. The quantitative estimate of drug-likeness (QED) is 0.773. The fourth-order valence-corrected chi connectivity index (χ4v) is 2.24. The first-order valence-corrected chi connectivity index (χ1v) is 6.72. The van der Waals surface area contributed by atoms with Crippen molar-refractivity contribution in [3.8, 4) is 6.07 Å². The highest BCUT2D eigenvalue weighted by molar-refractivity contribution is 5.52. The average molecular weight is 244 g/mol. The molecule has 0 aliphatic rings. The SMILES string of the molecule is CCCC(C#N)c1ccc(N(C)C)cc1C(C)C. The summed E-state index contributed by atoms with van der Waals surface area (Å²) in [6, 6.07) is 8.92. The van der Waals surface area contributed by atoms with Crippen LogP contribution in [0.3, 0.4) is 0 Å². The van der Waals surface area contributed by atoms with Crippen LogP contribution in [-0.2, 0) is 0 Å². The van der Waals surface area contributed by atoms with Gasteiger partial charge < -0.3 is 4.90 Å². The number of nitriles is 1. The lowest BCUT2D eigenvalue weighted by Gasteiger charge is -2.21. The van der Waals surface area contributed by atoms with Crippen LogP contribution in [0.15, 0.2) is 18.2 Å². The predicted molar refractivity (Wildman–Crippen MR) is 78.1 cm³/mol. The van der Waals surface area contributed by atoms with Crippen LogP contribution in [0.5, 0.6) is 0 Å². The van der Waals surface area contributed by atoms with E-state index in [9.17, 15) is 5.26 Å². The first-order chi connectivity index (χ1) is 8.51. The van der Waals surface area contributed by atoms with E-state index >= 15 is 0 Å². The number of hydrogen-bond acceptors (Lipinski definition) is 2. The molecule has 0 saturated heterocycles. The summed E-state index contributed by atoms with van der Waals surface area (Å²) in [7, 11) is 4.10. The average Bonchev–Trinajstić information content (AvgIpc) is 2.35. The fourth-order valence-electron chi connectivity index (χ4n) is 2.24. The Hall–Kier alpha value is -1.49. The number of hydrogen-bond donors (Lipinski definition) is 0. The van der Waals surface area contributed by atoms with Crippen LogP contribution >= 0.6 is 0 Å². The van der Waals surface area contributed by atoms with E-state index in [-0.39, 0.29) is 5.92 Å². The highest BCUT2D eigenvalue weighted by atomic mass is 15.1. The monoisotopic (exact) mass is 244 g/mol. The van der Waals surface area contributed by atoms with Crippen molar-refractivity contribution >= 4 is 5.69 Å². The van der Waals surface area contributed by atoms with E-state index in [0.717, 1.165) is 12.8 Å². The largest absolute Gasteiger partial charge is 0.378 e. The molecule has 0 bridgehead atoms. The Morgan fingerprint density at radius 1 is 1.22 bits per heavy atom. The van der Waals surface area contributed by atoms with Gasteiger partial charge >= 0.3 is 0 Å². The zero-order valence-corrected chi connectivity index (χ0v) is 12.2. The summed E-state index contributed by atoms with van der Waals surface area (Å²) >= 11 is 0. The summed E-state index contributed by atoms with van der Waals surface area (Å²) in [5.74, 6) is 0.483. The third kappa shape index (κ3) is 3.26. The molecule has 0 aromatic heterocycles. The van der Waals surface area contributed by atoms with Crippen molar-refractivity contribution in [3.05, 3.63) is 29.3 Å². The van der Waals surface area contributed by atoms with Crippen LogP contribution in [0.2, 0.25) is 0 Å². The van der Waals surface area contributed by atoms with Crippen LogP contribution in [0, 0.1) is 11.3 Å². The molecule has 0 aliphatic heterocycles. The van der Waals surface area contributed by atoms with Crippen LogP contribution in [0.4, 0.5) is 5.69 Å². The second-order valence-corrected chi connectivity index (χ2v) is 5.33. The Morgan fingerprint density at radius 2 is 1.89 bits per heavy atom. The van der Waals surface area contributed by atoms with E-state index in [1.165, 1.54) is 16.8 Å². The van der Waals surface area contributed by atoms with Gasteiger partial charge in [0.15, 0.2) is 0 Å². The van der Waals surface area contributed by atoms with Gasteiger partial charge in [0.05, 0.1) is 12.0 Å². The van der Waals surface area contributed by atoms with Gasteiger partial charge in [-0.25, -0.2) is 0 Å². The molecular formula is C16H24N2. The molecule has 2 nitrogen and oxygen atoms in total. The summed E-state index contributed by atoms with van der Waals surface area (Å²) in [6.45, 7) is 6.52. The fraction of sp³-hybridized carbons (Fsp3) is 0.562. The molecule has 18 heavy (non-hydrogen) atoms. The smallest absolute Gasteiger partial charge is 0.0715 e. The zero-order chi connectivity index (χ0) is 13.7. The van der Waals surface area contributed by atoms with Crippen molar-refractivity contribution in [2.75, 3.05) is 19.0 Å². The number of benzene rings is 1. The van der Waals surface area contributed by atoms with Gasteiger partial charge in [0.25, 0.3) is 0 Å². The van der Waals surface area contributed by atoms with Crippen molar-refractivity contribution < 1.29 is 0 Å². The molecule has 0 N–H and O–H groups in total. The molecular weight excluding hydrogens is 220 g/mol. The summed E-state index contributed by atoms with van der Waals surface area (Å²) in [5.41, 5.74) is 3.72. The number of nitrogens with zero attached hydrogens (tertiary/aromatic N) is 2. The lowest BCUT2D eigenvalue weighted by molar-refractivity contribution is 0.708. The molecule has 0 spiro atoms. The maximum absolute atomic E-state index is 9.33. The maximum atomic E-state index is 9.33. The maximum Gasteiger partial charge on any atom is 0.0715 e. The minimum absolute atomic E-state index is 0.0311. The Bertz CT molecular complexity index is 427. The zero-order valence-electron chi connectivity index (χ0n) is 12.2.